The van der Waals surface area contributed by atoms with Crippen molar-refractivity contribution in [1.82, 2.24) is 10.3 Å². The molecule has 0 unspecified atom stereocenters. The molecule has 22 heavy (non-hydrogen) atoms. The molecule has 6 heteroatoms. The van der Waals surface area contributed by atoms with Crippen LogP contribution in [0.25, 0.3) is 0 Å². The summed E-state index contributed by atoms with van der Waals surface area (Å²) in [6.45, 7) is 4.60. The molecular weight excluding hydrogens is 300 g/mol. The van der Waals surface area contributed by atoms with Crippen LogP contribution in [0.2, 0.25) is 0 Å². The molecule has 1 atom stereocenters. The van der Waals surface area contributed by atoms with E-state index in [9.17, 15) is 9.59 Å². The average Bonchev–Trinajstić information content (AvgIpc) is 2.92. The topological polar surface area (TPSA) is 71.2 Å². The minimum Gasteiger partial charge on any atom is -0.371 e. The Morgan fingerprint density at radius 3 is 3.09 bits per heavy atom. The zero-order valence-electron chi connectivity index (χ0n) is 12.6. The number of aromatic amines is 1. The first kappa shape index (κ1) is 15.0. The van der Waals surface area contributed by atoms with E-state index in [2.05, 4.69) is 10.3 Å². The Kier molecular flexibility index (Phi) is 4.13. The smallest absolute Gasteiger partial charge is 0.261 e. The van der Waals surface area contributed by atoms with Gasteiger partial charge in [-0.3, -0.25) is 9.59 Å². The predicted octanol–water partition coefficient (Wildman–Crippen LogP) is 2.10. The summed E-state index contributed by atoms with van der Waals surface area (Å²) in [5.41, 5.74) is 2.39. The lowest BCUT2D eigenvalue weighted by Gasteiger charge is -2.23. The third-order valence-electron chi connectivity index (χ3n) is 3.82. The van der Waals surface area contributed by atoms with Crippen molar-refractivity contribution in [3.05, 3.63) is 55.1 Å². The number of H-pyrrole nitrogens is 1. The Balaban J connectivity index is 1.73. The van der Waals surface area contributed by atoms with E-state index in [1.165, 1.54) is 4.88 Å². The van der Waals surface area contributed by atoms with Gasteiger partial charge in [0.2, 0.25) is 0 Å². The molecule has 5 nitrogen and oxygen atoms in total. The van der Waals surface area contributed by atoms with Crippen LogP contribution >= 0.6 is 11.3 Å². The summed E-state index contributed by atoms with van der Waals surface area (Å²) >= 11 is 1.72. The first-order valence-electron chi connectivity index (χ1n) is 7.23. The van der Waals surface area contributed by atoms with Gasteiger partial charge in [0.1, 0.15) is 11.7 Å². The van der Waals surface area contributed by atoms with Crippen LogP contribution in [-0.2, 0) is 11.2 Å². The van der Waals surface area contributed by atoms with Gasteiger partial charge in [-0.1, -0.05) is 0 Å². The molecule has 0 aliphatic carbocycles. The van der Waals surface area contributed by atoms with Crippen LogP contribution < -0.4 is 10.9 Å². The van der Waals surface area contributed by atoms with Crippen molar-refractivity contribution in [1.29, 1.82) is 0 Å². The quantitative estimate of drug-likeness (QED) is 0.910. The molecule has 3 rings (SSSR count). The van der Waals surface area contributed by atoms with Crippen molar-refractivity contribution in [2.24, 2.45) is 0 Å². The van der Waals surface area contributed by atoms with Crippen LogP contribution in [0.5, 0.6) is 0 Å². The van der Waals surface area contributed by atoms with E-state index in [0.29, 0.717) is 18.7 Å². The fourth-order valence-corrected chi connectivity index (χ4v) is 3.72. The summed E-state index contributed by atoms with van der Waals surface area (Å²) in [5.74, 6) is -0.357. The molecule has 0 saturated carbocycles. The Hall–Kier alpha value is -1.92. The lowest BCUT2D eigenvalue weighted by molar-refractivity contribution is 0.0423. The fourth-order valence-electron chi connectivity index (χ4n) is 2.80. The lowest BCUT2D eigenvalue weighted by Crippen LogP contribution is -2.35. The molecule has 1 aliphatic rings. The van der Waals surface area contributed by atoms with E-state index in [-0.39, 0.29) is 23.1 Å². The Bertz CT molecular complexity index is 763. The largest absolute Gasteiger partial charge is 0.371 e. The molecule has 0 fully saturated rings. The van der Waals surface area contributed by atoms with E-state index < -0.39 is 0 Å². The van der Waals surface area contributed by atoms with Crippen LogP contribution in [0.3, 0.4) is 0 Å². The zero-order chi connectivity index (χ0) is 15.7. The first-order valence-corrected chi connectivity index (χ1v) is 8.11. The number of rotatable bonds is 3. The maximum atomic E-state index is 12.3. The Labute approximate surface area is 132 Å². The minimum atomic E-state index is -0.357. The third-order valence-corrected chi connectivity index (χ3v) is 4.81. The number of carbonyl (C=O) groups excluding carboxylic acids is 1. The standard InChI is InChI=1S/C16H18N2O3S/c1-9-7-10(2)18-16(20)14(9)15(19)17-8-12-11-4-6-22-13(11)3-5-21-12/h4,6-7,12H,3,5,8H2,1-2H3,(H,17,19)(H,18,20)/t12-/m0/s1. The van der Waals surface area contributed by atoms with Crippen molar-refractivity contribution < 1.29 is 9.53 Å². The molecule has 116 valence electrons. The van der Waals surface area contributed by atoms with Gasteiger partial charge in [-0.15, -0.1) is 11.3 Å². The maximum Gasteiger partial charge on any atom is 0.261 e. The number of hydrogen-bond donors (Lipinski definition) is 2. The van der Waals surface area contributed by atoms with Gasteiger partial charge in [0.15, 0.2) is 0 Å². The van der Waals surface area contributed by atoms with Gasteiger partial charge in [-0.2, -0.15) is 0 Å². The molecular formula is C16H18N2O3S. The minimum absolute atomic E-state index is 0.135. The van der Waals surface area contributed by atoms with Gasteiger partial charge >= 0.3 is 0 Å². The Morgan fingerprint density at radius 2 is 2.32 bits per heavy atom. The van der Waals surface area contributed by atoms with E-state index in [1.807, 2.05) is 11.4 Å². The summed E-state index contributed by atoms with van der Waals surface area (Å²) in [4.78, 5) is 28.2. The highest BCUT2D eigenvalue weighted by atomic mass is 32.1. The average molecular weight is 318 g/mol. The number of aryl methyl sites for hydroxylation is 2. The van der Waals surface area contributed by atoms with Crippen LogP contribution in [0.1, 0.15) is 38.2 Å². The molecule has 1 amide bonds. The number of carbonyl (C=O) groups is 1. The summed E-state index contributed by atoms with van der Waals surface area (Å²) < 4.78 is 5.73. The summed E-state index contributed by atoms with van der Waals surface area (Å²) in [7, 11) is 0. The third kappa shape index (κ3) is 2.84. The lowest BCUT2D eigenvalue weighted by atomic mass is 10.1. The highest BCUT2D eigenvalue weighted by Gasteiger charge is 2.23. The summed E-state index contributed by atoms with van der Waals surface area (Å²) in [6.07, 6.45) is 0.789. The molecule has 2 aromatic rings. The van der Waals surface area contributed by atoms with Gasteiger partial charge in [-0.25, -0.2) is 0 Å². The van der Waals surface area contributed by atoms with E-state index in [0.717, 1.165) is 17.7 Å². The SMILES string of the molecule is Cc1cc(C)c(C(=O)NC[C@@H]2OCCc3sccc32)c(=O)[nH]1. The highest BCUT2D eigenvalue weighted by Crippen LogP contribution is 2.30. The Morgan fingerprint density at radius 1 is 1.50 bits per heavy atom. The number of hydrogen-bond acceptors (Lipinski definition) is 4. The van der Waals surface area contributed by atoms with Crippen molar-refractivity contribution in [2.45, 2.75) is 26.4 Å². The number of fused-ring (bicyclic) bond motifs is 1. The summed E-state index contributed by atoms with van der Waals surface area (Å²) in [6, 6.07) is 3.84. The number of pyridine rings is 1. The number of ether oxygens (including phenoxy) is 1. The molecule has 2 N–H and O–H groups in total. The van der Waals surface area contributed by atoms with Crippen molar-refractivity contribution >= 4 is 17.2 Å². The fraction of sp³-hybridized carbons (Fsp3) is 0.375. The molecule has 3 heterocycles. The van der Waals surface area contributed by atoms with E-state index in [1.54, 1.807) is 31.3 Å². The monoisotopic (exact) mass is 318 g/mol. The number of thiophene rings is 1. The second-order valence-electron chi connectivity index (χ2n) is 5.46. The van der Waals surface area contributed by atoms with Gasteiger partial charge in [0, 0.05) is 23.5 Å². The second-order valence-corrected chi connectivity index (χ2v) is 6.46. The molecule has 0 radical (unpaired) electrons. The van der Waals surface area contributed by atoms with Crippen LogP contribution in [-0.4, -0.2) is 24.0 Å². The predicted molar refractivity (Wildman–Crippen MR) is 85.6 cm³/mol. The zero-order valence-corrected chi connectivity index (χ0v) is 13.4. The number of nitrogens with one attached hydrogen (secondary N) is 2. The van der Waals surface area contributed by atoms with Crippen LogP contribution in [0.15, 0.2) is 22.3 Å². The van der Waals surface area contributed by atoms with E-state index >= 15 is 0 Å². The van der Waals surface area contributed by atoms with E-state index in [4.69, 9.17) is 4.74 Å². The molecule has 1 aliphatic heterocycles. The van der Waals surface area contributed by atoms with Crippen molar-refractivity contribution in [3.63, 3.8) is 0 Å². The highest BCUT2D eigenvalue weighted by molar-refractivity contribution is 7.10. The number of amides is 1. The van der Waals surface area contributed by atoms with Crippen molar-refractivity contribution in [3.8, 4) is 0 Å². The molecule has 0 bridgehead atoms. The molecule has 0 aromatic carbocycles. The van der Waals surface area contributed by atoms with Gasteiger partial charge in [0.25, 0.3) is 11.5 Å². The number of aromatic nitrogens is 1. The normalized spacial score (nSPS) is 17.1. The second kappa shape index (κ2) is 6.06. The molecule has 2 aromatic heterocycles. The maximum absolute atomic E-state index is 12.3. The van der Waals surface area contributed by atoms with Crippen molar-refractivity contribution in [2.75, 3.05) is 13.2 Å². The van der Waals surface area contributed by atoms with Crippen LogP contribution in [0.4, 0.5) is 0 Å². The molecule has 0 spiro atoms. The van der Waals surface area contributed by atoms with Crippen LogP contribution in [0, 0.1) is 13.8 Å². The molecule has 0 saturated heterocycles. The van der Waals surface area contributed by atoms with Gasteiger partial charge in [-0.05, 0) is 42.5 Å². The first-order chi connectivity index (χ1) is 10.6. The van der Waals surface area contributed by atoms with Gasteiger partial charge < -0.3 is 15.0 Å². The van der Waals surface area contributed by atoms with Gasteiger partial charge in [0.05, 0.1) is 6.61 Å². The summed E-state index contributed by atoms with van der Waals surface area (Å²) in [5, 5.41) is 4.87.